The average molecular weight is 307 g/mol. The summed E-state index contributed by atoms with van der Waals surface area (Å²) in [5, 5.41) is 3.41. The molecule has 3 rings (SSSR count). The number of carbonyl (C=O) groups excluding carboxylic acids is 1. The Balaban J connectivity index is 1.98. The van der Waals surface area contributed by atoms with Crippen molar-refractivity contribution < 1.29 is 4.79 Å². The van der Waals surface area contributed by atoms with Gasteiger partial charge in [-0.15, -0.1) is 0 Å². The summed E-state index contributed by atoms with van der Waals surface area (Å²) in [6.45, 7) is 4.30. The maximum absolute atomic E-state index is 13.2. The molecule has 2 nitrogen and oxygen atoms in total. The Labute approximate surface area is 138 Å². The second-order valence-corrected chi connectivity index (χ2v) is 6.77. The predicted molar refractivity (Wildman–Crippen MR) is 94.9 cm³/mol. The van der Waals surface area contributed by atoms with E-state index in [9.17, 15) is 4.79 Å². The molecule has 0 spiro atoms. The van der Waals surface area contributed by atoms with Gasteiger partial charge in [0.25, 0.3) is 0 Å². The van der Waals surface area contributed by atoms with Gasteiger partial charge in [-0.05, 0) is 36.9 Å². The minimum atomic E-state index is -0.488. The number of Topliss-reactive ketones (excluding diaryl/α,β-unsaturated/α-hetero) is 1. The van der Waals surface area contributed by atoms with Crippen LogP contribution in [0.5, 0.6) is 0 Å². The summed E-state index contributed by atoms with van der Waals surface area (Å²) < 4.78 is 0. The Hall–Kier alpha value is -1.93. The van der Waals surface area contributed by atoms with Gasteiger partial charge < -0.3 is 5.32 Å². The number of fused-ring (bicyclic) bond motifs is 1. The lowest BCUT2D eigenvalue weighted by Crippen LogP contribution is -2.55. The van der Waals surface area contributed by atoms with Gasteiger partial charge in [0.1, 0.15) is 0 Å². The van der Waals surface area contributed by atoms with Crippen LogP contribution in [0.25, 0.3) is 0 Å². The second kappa shape index (κ2) is 6.29. The van der Waals surface area contributed by atoms with Crippen LogP contribution in [0, 0.1) is 5.92 Å². The number of rotatable bonds is 5. The SMILES string of the molecule is CNC1(C(C)C)C(=O)c2ccccc2C1CCc1ccccc1. The first kappa shape index (κ1) is 15.9. The molecule has 1 aliphatic rings. The van der Waals surface area contributed by atoms with E-state index >= 15 is 0 Å². The van der Waals surface area contributed by atoms with Crippen molar-refractivity contribution in [3.63, 3.8) is 0 Å². The Kier molecular flexibility index (Phi) is 4.36. The number of aryl methyl sites for hydroxylation is 1. The van der Waals surface area contributed by atoms with Crippen molar-refractivity contribution in [2.45, 2.75) is 38.1 Å². The summed E-state index contributed by atoms with van der Waals surface area (Å²) in [5.41, 5.74) is 2.95. The molecule has 1 N–H and O–H groups in total. The Morgan fingerprint density at radius 2 is 1.70 bits per heavy atom. The molecule has 2 atom stereocenters. The molecular formula is C21H25NO. The van der Waals surface area contributed by atoms with Crippen molar-refractivity contribution in [2.24, 2.45) is 5.92 Å². The average Bonchev–Trinajstić information content (AvgIpc) is 2.83. The van der Waals surface area contributed by atoms with Gasteiger partial charge in [-0.1, -0.05) is 68.4 Å². The van der Waals surface area contributed by atoms with Crippen molar-refractivity contribution >= 4 is 5.78 Å². The van der Waals surface area contributed by atoms with E-state index in [1.807, 2.05) is 31.3 Å². The van der Waals surface area contributed by atoms with E-state index in [-0.39, 0.29) is 17.6 Å². The Morgan fingerprint density at radius 1 is 1.04 bits per heavy atom. The third kappa shape index (κ3) is 2.51. The Bertz CT molecular complexity index is 692. The third-order valence-corrected chi connectivity index (χ3v) is 5.40. The number of ketones is 1. The van der Waals surface area contributed by atoms with Gasteiger partial charge in [-0.2, -0.15) is 0 Å². The van der Waals surface area contributed by atoms with Gasteiger partial charge in [0.05, 0.1) is 5.54 Å². The minimum Gasteiger partial charge on any atom is -0.307 e. The fourth-order valence-electron chi connectivity index (χ4n) is 4.21. The number of nitrogens with one attached hydrogen (secondary N) is 1. The molecule has 0 radical (unpaired) electrons. The van der Waals surface area contributed by atoms with Crippen LogP contribution in [0.4, 0.5) is 0 Å². The van der Waals surface area contributed by atoms with Crippen LogP contribution in [0.15, 0.2) is 54.6 Å². The molecule has 0 aliphatic heterocycles. The molecule has 0 heterocycles. The van der Waals surface area contributed by atoms with Gasteiger partial charge in [0, 0.05) is 11.5 Å². The first-order valence-corrected chi connectivity index (χ1v) is 8.47. The molecule has 2 unspecified atom stereocenters. The number of carbonyl (C=O) groups is 1. The van der Waals surface area contributed by atoms with Gasteiger partial charge in [0.15, 0.2) is 5.78 Å². The van der Waals surface area contributed by atoms with Gasteiger partial charge in [0.2, 0.25) is 0 Å². The third-order valence-electron chi connectivity index (χ3n) is 5.40. The maximum atomic E-state index is 13.2. The van der Waals surface area contributed by atoms with E-state index in [0.29, 0.717) is 0 Å². The highest BCUT2D eigenvalue weighted by atomic mass is 16.1. The zero-order valence-electron chi connectivity index (χ0n) is 14.2. The topological polar surface area (TPSA) is 29.1 Å². The molecule has 0 fully saturated rings. The standard InChI is InChI=1S/C21H25NO/c1-15(2)21(22-3)19(14-13-16-9-5-4-6-10-16)17-11-7-8-12-18(17)20(21)23/h4-12,15,19,22H,13-14H2,1-3H3. The van der Waals surface area contributed by atoms with Crippen LogP contribution in [0.1, 0.15) is 47.7 Å². The second-order valence-electron chi connectivity index (χ2n) is 6.77. The summed E-state index contributed by atoms with van der Waals surface area (Å²) in [4.78, 5) is 13.2. The lowest BCUT2D eigenvalue weighted by atomic mass is 9.73. The molecular weight excluding hydrogens is 282 g/mol. The van der Waals surface area contributed by atoms with Gasteiger partial charge >= 0.3 is 0 Å². The number of benzene rings is 2. The summed E-state index contributed by atoms with van der Waals surface area (Å²) in [6.07, 6.45) is 1.97. The highest BCUT2D eigenvalue weighted by molar-refractivity contribution is 6.09. The van der Waals surface area contributed by atoms with E-state index in [1.165, 1.54) is 11.1 Å². The van der Waals surface area contributed by atoms with Crippen molar-refractivity contribution in [1.82, 2.24) is 5.32 Å². The molecule has 0 amide bonds. The lowest BCUT2D eigenvalue weighted by Gasteiger charge is -2.38. The van der Waals surface area contributed by atoms with Crippen molar-refractivity contribution in [3.8, 4) is 0 Å². The molecule has 0 bridgehead atoms. The summed E-state index contributed by atoms with van der Waals surface area (Å²) in [7, 11) is 1.93. The molecule has 23 heavy (non-hydrogen) atoms. The van der Waals surface area contributed by atoms with Crippen molar-refractivity contribution in [2.75, 3.05) is 7.05 Å². The molecule has 2 aromatic carbocycles. The normalized spacial score (nSPS) is 23.3. The smallest absolute Gasteiger partial charge is 0.184 e. The Morgan fingerprint density at radius 3 is 2.35 bits per heavy atom. The molecule has 1 aliphatic carbocycles. The van der Waals surface area contributed by atoms with Crippen LogP contribution < -0.4 is 5.32 Å². The van der Waals surface area contributed by atoms with Crippen LogP contribution in [0.2, 0.25) is 0 Å². The quantitative estimate of drug-likeness (QED) is 0.896. The predicted octanol–water partition coefficient (Wildman–Crippen LogP) is 4.21. The van der Waals surface area contributed by atoms with E-state index < -0.39 is 5.54 Å². The maximum Gasteiger partial charge on any atom is 0.184 e. The van der Waals surface area contributed by atoms with Gasteiger partial charge in [-0.25, -0.2) is 0 Å². The molecule has 2 heteroatoms. The van der Waals surface area contributed by atoms with Crippen molar-refractivity contribution in [1.29, 1.82) is 0 Å². The number of likely N-dealkylation sites (N-methyl/N-ethyl adjacent to an activating group) is 1. The fourth-order valence-corrected chi connectivity index (χ4v) is 4.21. The highest BCUT2D eigenvalue weighted by Crippen LogP contribution is 2.47. The zero-order valence-corrected chi connectivity index (χ0v) is 14.2. The zero-order chi connectivity index (χ0) is 16.4. The molecule has 0 saturated heterocycles. The lowest BCUT2D eigenvalue weighted by molar-refractivity contribution is 0.0785. The molecule has 0 saturated carbocycles. The van der Waals surface area contributed by atoms with E-state index in [2.05, 4.69) is 49.5 Å². The van der Waals surface area contributed by atoms with Crippen LogP contribution in [-0.2, 0) is 6.42 Å². The fraction of sp³-hybridized carbons (Fsp3) is 0.381. The van der Waals surface area contributed by atoms with Crippen LogP contribution >= 0.6 is 0 Å². The van der Waals surface area contributed by atoms with Crippen molar-refractivity contribution in [3.05, 3.63) is 71.3 Å². The first-order valence-electron chi connectivity index (χ1n) is 8.47. The summed E-state index contributed by atoms with van der Waals surface area (Å²) in [5.74, 6) is 0.716. The number of hydrogen-bond donors (Lipinski definition) is 1. The van der Waals surface area contributed by atoms with Gasteiger partial charge in [-0.3, -0.25) is 4.79 Å². The highest BCUT2D eigenvalue weighted by Gasteiger charge is 2.53. The van der Waals surface area contributed by atoms with Crippen LogP contribution in [0.3, 0.4) is 0 Å². The molecule has 2 aromatic rings. The minimum absolute atomic E-state index is 0.219. The summed E-state index contributed by atoms with van der Waals surface area (Å²) in [6, 6.07) is 18.7. The van der Waals surface area contributed by atoms with E-state index in [0.717, 1.165) is 18.4 Å². The first-order chi connectivity index (χ1) is 11.1. The van der Waals surface area contributed by atoms with E-state index in [4.69, 9.17) is 0 Å². The summed E-state index contributed by atoms with van der Waals surface area (Å²) >= 11 is 0. The molecule has 120 valence electrons. The van der Waals surface area contributed by atoms with E-state index in [1.54, 1.807) is 0 Å². The number of hydrogen-bond acceptors (Lipinski definition) is 2. The van der Waals surface area contributed by atoms with Crippen LogP contribution in [-0.4, -0.2) is 18.4 Å². The monoisotopic (exact) mass is 307 g/mol. The largest absolute Gasteiger partial charge is 0.307 e. The molecule has 0 aromatic heterocycles.